The van der Waals surface area contributed by atoms with Gasteiger partial charge in [-0.2, -0.15) is 0 Å². The zero-order chi connectivity index (χ0) is 20.6. The third-order valence-electron chi connectivity index (χ3n) is 4.47. The number of benzene rings is 3. The Morgan fingerprint density at radius 3 is 2.48 bits per heavy atom. The van der Waals surface area contributed by atoms with Gasteiger partial charge in [-0.05, 0) is 36.4 Å². The van der Waals surface area contributed by atoms with Crippen molar-refractivity contribution in [2.45, 2.75) is 0 Å². The van der Waals surface area contributed by atoms with Crippen LogP contribution < -0.4 is 20.5 Å². The number of nitrogens with two attached hydrogens (primary N) is 1. The summed E-state index contributed by atoms with van der Waals surface area (Å²) in [5.74, 6) is 0.503. The number of para-hydroxylation sites is 1. The summed E-state index contributed by atoms with van der Waals surface area (Å²) in [6.07, 6.45) is 1.10. The van der Waals surface area contributed by atoms with Crippen LogP contribution in [-0.4, -0.2) is 26.8 Å². The molecule has 7 nitrogen and oxygen atoms in total. The second kappa shape index (κ2) is 7.14. The van der Waals surface area contributed by atoms with Gasteiger partial charge in [-0.1, -0.05) is 18.2 Å². The average Bonchev–Trinajstić information content (AvgIpc) is 2.67. The highest BCUT2D eigenvalue weighted by molar-refractivity contribution is 7.92. The Bertz CT molecular complexity index is 1340. The summed E-state index contributed by atoms with van der Waals surface area (Å²) in [6.45, 7) is 0. The summed E-state index contributed by atoms with van der Waals surface area (Å²) in [5, 5.41) is 5.30. The Morgan fingerprint density at radius 1 is 0.966 bits per heavy atom. The van der Waals surface area contributed by atoms with Crippen molar-refractivity contribution in [2.24, 2.45) is 0 Å². The van der Waals surface area contributed by atoms with E-state index in [1.165, 1.54) is 7.11 Å². The quantitative estimate of drug-likeness (QED) is 0.339. The first kappa shape index (κ1) is 18.8. The molecule has 0 bridgehead atoms. The highest BCUT2D eigenvalue weighted by Crippen LogP contribution is 2.37. The molecule has 4 aromatic rings. The molecule has 0 saturated carbocycles. The Morgan fingerprint density at radius 2 is 1.72 bits per heavy atom. The number of hydrogen-bond acceptors (Lipinski definition) is 6. The van der Waals surface area contributed by atoms with Gasteiger partial charge in [0.1, 0.15) is 5.75 Å². The number of nitrogens with zero attached hydrogens (tertiary/aromatic N) is 1. The van der Waals surface area contributed by atoms with E-state index in [1.54, 1.807) is 18.2 Å². The number of hydrogen-bond donors (Lipinski definition) is 3. The van der Waals surface area contributed by atoms with E-state index >= 15 is 0 Å². The topological polar surface area (TPSA) is 106 Å². The molecule has 0 atom stereocenters. The van der Waals surface area contributed by atoms with Crippen molar-refractivity contribution < 1.29 is 13.2 Å². The molecule has 0 aliphatic rings. The summed E-state index contributed by atoms with van der Waals surface area (Å²) in [7, 11) is -1.85. The van der Waals surface area contributed by atoms with Crippen molar-refractivity contribution in [1.82, 2.24) is 4.98 Å². The van der Waals surface area contributed by atoms with Gasteiger partial charge < -0.3 is 15.8 Å². The molecule has 4 N–H and O–H groups in total. The third-order valence-corrected chi connectivity index (χ3v) is 5.08. The molecule has 29 heavy (non-hydrogen) atoms. The molecule has 8 heteroatoms. The second-order valence-corrected chi connectivity index (χ2v) is 8.44. The summed E-state index contributed by atoms with van der Waals surface area (Å²) in [4.78, 5) is 4.71. The molecule has 0 saturated heterocycles. The van der Waals surface area contributed by atoms with Crippen LogP contribution in [0, 0.1) is 0 Å². The number of aromatic nitrogens is 1. The summed E-state index contributed by atoms with van der Waals surface area (Å²) < 4.78 is 31.0. The Balaban J connectivity index is 1.87. The smallest absolute Gasteiger partial charge is 0.229 e. The van der Waals surface area contributed by atoms with Gasteiger partial charge in [0.25, 0.3) is 0 Å². The highest BCUT2D eigenvalue weighted by Gasteiger charge is 2.13. The maximum Gasteiger partial charge on any atom is 0.229 e. The van der Waals surface area contributed by atoms with Crippen LogP contribution in [0.4, 0.5) is 22.7 Å². The van der Waals surface area contributed by atoms with Crippen LogP contribution >= 0.6 is 0 Å². The minimum absolute atomic E-state index is 0.423. The first-order valence-corrected chi connectivity index (χ1v) is 10.7. The molecule has 1 heterocycles. The average molecular weight is 408 g/mol. The van der Waals surface area contributed by atoms with Crippen molar-refractivity contribution in [3.63, 3.8) is 0 Å². The number of anilines is 4. The molecule has 4 rings (SSSR count). The molecule has 1 aromatic heterocycles. The minimum atomic E-state index is -3.38. The monoisotopic (exact) mass is 408 g/mol. The van der Waals surface area contributed by atoms with E-state index in [-0.39, 0.29) is 0 Å². The number of sulfonamides is 1. The second-order valence-electron chi connectivity index (χ2n) is 6.69. The van der Waals surface area contributed by atoms with E-state index in [0.717, 1.165) is 33.7 Å². The van der Waals surface area contributed by atoms with Crippen LogP contribution in [0.5, 0.6) is 5.75 Å². The summed E-state index contributed by atoms with van der Waals surface area (Å²) in [6, 6.07) is 18.5. The zero-order valence-corrected chi connectivity index (χ0v) is 16.7. The van der Waals surface area contributed by atoms with E-state index in [0.29, 0.717) is 22.8 Å². The Labute approximate surface area is 168 Å². The lowest BCUT2D eigenvalue weighted by Gasteiger charge is -2.17. The van der Waals surface area contributed by atoms with E-state index in [2.05, 4.69) is 10.0 Å². The standard InChI is InChI=1S/C21H20N4O3S/c1-28-20-12-14(25-29(2,26)27)8-10-18(20)24-21-15-5-3-4-6-17(15)23-19-11-13(22)7-9-16(19)21/h3-12,25H,22H2,1-2H3,(H,23,24). The molecule has 0 amide bonds. The van der Waals surface area contributed by atoms with Crippen LogP contribution in [-0.2, 0) is 10.0 Å². The number of fused-ring (bicyclic) bond motifs is 2. The first-order valence-electron chi connectivity index (χ1n) is 8.85. The van der Waals surface area contributed by atoms with Crippen molar-refractivity contribution >= 4 is 54.6 Å². The van der Waals surface area contributed by atoms with Crippen LogP contribution in [0.25, 0.3) is 21.8 Å². The van der Waals surface area contributed by atoms with Crippen LogP contribution in [0.2, 0.25) is 0 Å². The molecule has 3 aromatic carbocycles. The Hall–Kier alpha value is -3.52. The van der Waals surface area contributed by atoms with E-state index in [4.69, 9.17) is 15.5 Å². The van der Waals surface area contributed by atoms with Crippen LogP contribution in [0.3, 0.4) is 0 Å². The summed E-state index contributed by atoms with van der Waals surface area (Å²) >= 11 is 0. The predicted molar refractivity (Wildman–Crippen MR) is 118 cm³/mol. The Kier molecular flexibility index (Phi) is 4.63. The lowest BCUT2D eigenvalue weighted by molar-refractivity contribution is 0.417. The molecular formula is C21H20N4O3S. The third kappa shape index (κ3) is 3.88. The van der Waals surface area contributed by atoms with Gasteiger partial charge in [0.15, 0.2) is 0 Å². The molecule has 0 fully saturated rings. The predicted octanol–water partition coefficient (Wildman–Crippen LogP) is 4.09. The molecule has 0 aliphatic carbocycles. The van der Waals surface area contributed by atoms with Gasteiger partial charge >= 0.3 is 0 Å². The van der Waals surface area contributed by atoms with Crippen LogP contribution in [0.15, 0.2) is 60.7 Å². The number of nitrogen functional groups attached to an aromatic ring is 1. The van der Waals surface area contributed by atoms with Gasteiger partial charge in [0.2, 0.25) is 10.0 Å². The minimum Gasteiger partial charge on any atom is -0.494 e. The number of nitrogens with one attached hydrogen (secondary N) is 2. The maximum atomic E-state index is 11.5. The van der Waals surface area contributed by atoms with Gasteiger partial charge in [-0.15, -0.1) is 0 Å². The lowest BCUT2D eigenvalue weighted by Crippen LogP contribution is -2.09. The molecule has 0 spiro atoms. The molecule has 0 aliphatic heterocycles. The van der Waals surface area contributed by atoms with Crippen molar-refractivity contribution in [3.05, 3.63) is 60.7 Å². The molecule has 0 radical (unpaired) electrons. The fourth-order valence-corrected chi connectivity index (χ4v) is 3.81. The van der Waals surface area contributed by atoms with Crippen molar-refractivity contribution in [1.29, 1.82) is 0 Å². The molecular weight excluding hydrogens is 388 g/mol. The first-order chi connectivity index (χ1) is 13.8. The van der Waals surface area contributed by atoms with Crippen molar-refractivity contribution in [2.75, 3.05) is 29.1 Å². The van der Waals surface area contributed by atoms with E-state index < -0.39 is 10.0 Å². The lowest BCUT2D eigenvalue weighted by atomic mass is 10.1. The van der Waals surface area contributed by atoms with Crippen molar-refractivity contribution in [3.8, 4) is 5.75 Å². The van der Waals surface area contributed by atoms with Gasteiger partial charge in [-0.25, -0.2) is 13.4 Å². The number of rotatable bonds is 5. The van der Waals surface area contributed by atoms with Gasteiger partial charge in [0, 0.05) is 22.5 Å². The SMILES string of the molecule is COc1cc(NS(C)(=O)=O)ccc1Nc1c2ccccc2nc2cc(N)ccc12. The zero-order valence-electron chi connectivity index (χ0n) is 15.9. The largest absolute Gasteiger partial charge is 0.494 e. The molecule has 0 unspecified atom stereocenters. The molecule has 148 valence electrons. The van der Waals surface area contributed by atoms with Gasteiger partial charge in [0.05, 0.1) is 41.5 Å². The fraction of sp³-hybridized carbons (Fsp3) is 0.0952. The number of pyridine rings is 1. The van der Waals surface area contributed by atoms with E-state index in [1.807, 2.05) is 42.5 Å². The van der Waals surface area contributed by atoms with Crippen LogP contribution in [0.1, 0.15) is 0 Å². The number of methoxy groups -OCH3 is 1. The summed E-state index contributed by atoms with van der Waals surface area (Å²) in [5.41, 5.74) is 10.2. The normalized spacial score (nSPS) is 11.5. The fourth-order valence-electron chi connectivity index (χ4n) is 3.25. The van der Waals surface area contributed by atoms with Gasteiger partial charge in [-0.3, -0.25) is 4.72 Å². The maximum absolute atomic E-state index is 11.5. The highest BCUT2D eigenvalue weighted by atomic mass is 32.2. The number of ether oxygens (including phenoxy) is 1. The van der Waals surface area contributed by atoms with E-state index in [9.17, 15) is 8.42 Å².